The van der Waals surface area contributed by atoms with Crippen molar-refractivity contribution in [1.82, 2.24) is 4.90 Å². The molecule has 0 radical (unpaired) electrons. The van der Waals surface area contributed by atoms with Crippen molar-refractivity contribution in [3.8, 4) is 0 Å². The van der Waals surface area contributed by atoms with Gasteiger partial charge in [-0.1, -0.05) is 37.8 Å². The van der Waals surface area contributed by atoms with Crippen molar-refractivity contribution < 1.29 is 4.79 Å². The second-order valence-electron chi connectivity index (χ2n) is 3.94. The van der Waals surface area contributed by atoms with Crippen LogP contribution in [0, 0.1) is 5.92 Å². The average Bonchev–Trinajstić information content (AvgIpc) is 2.56. The summed E-state index contributed by atoms with van der Waals surface area (Å²) in [6.07, 6.45) is 1.24. The molecule has 1 fully saturated rings. The number of hydrogen-bond donors (Lipinski definition) is 0. The van der Waals surface area contributed by atoms with Crippen LogP contribution >= 0.6 is 35.6 Å². The number of alkyl halides is 1. The number of hydrogen-bond acceptors (Lipinski definition) is 3. The molecule has 0 spiro atoms. The van der Waals surface area contributed by atoms with E-state index in [2.05, 4.69) is 13.8 Å². The zero-order valence-electron chi connectivity index (χ0n) is 9.03. The van der Waals surface area contributed by atoms with Gasteiger partial charge >= 0.3 is 0 Å². The van der Waals surface area contributed by atoms with Crippen LogP contribution in [-0.2, 0) is 4.79 Å². The molecule has 0 aliphatic carbocycles. The Kier molecular flexibility index (Phi) is 5.36. The Morgan fingerprint density at radius 3 is 2.93 bits per heavy atom. The lowest BCUT2D eigenvalue weighted by Gasteiger charge is -2.26. The molecule has 1 aliphatic rings. The topological polar surface area (TPSA) is 20.3 Å². The van der Waals surface area contributed by atoms with Crippen LogP contribution in [-0.4, -0.2) is 32.8 Å². The van der Waals surface area contributed by atoms with Crippen LogP contribution in [0.5, 0.6) is 0 Å². The summed E-state index contributed by atoms with van der Waals surface area (Å²) in [5.74, 6) is 2.05. The molecule has 1 aliphatic heterocycles. The molecule has 1 atom stereocenters. The Labute approximate surface area is 106 Å². The SMILES string of the molecule is CC(C)[C@H]1CSC(=S)N1C(=O)CCCCl. The molecule has 2 nitrogen and oxygen atoms in total. The Morgan fingerprint density at radius 2 is 2.40 bits per heavy atom. The van der Waals surface area contributed by atoms with Gasteiger partial charge in [0.25, 0.3) is 0 Å². The number of thiocarbonyl (C=S) groups is 1. The first-order chi connectivity index (χ1) is 7.07. The van der Waals surface area contributed by atoms with Gasteiger partial charge in [0.15, 0.2) is 0 Å². The number of rotatable bonds is 4. The van der Waals surface area contributed by atoms with Crippen LogP contribution in [0.15, 0.2) is 0 Å². The van der Waals surface area contributed by atoms with Crippen molar-refractivity contribution in [3.63, 3.8) is 0 Å². The fourth-order valence-corrected chi connectivity index (χ4v) is 3.35. The molecule has 0 aromatic rings. The van der Waals surface area contributed by atoms with Gasteiger partial charge < -0.3 is 0 Å². The van der Waals surface area contributed by atoms with Crippen molar-refractivity contribution in [3.05, 3.63) is 0 Å². The van der Waals surface area contributed by atoms with E-state index in [1.807, 2.05) is 0 Å². The predicted octanol–water partition coefficient (Wildman–Crippen LogP) is 2.89. The van der Waals surface area contributed by atoms with E-state index in [1.54, 1.807) is 16.7 Å². The van der Waals surface area contributed by atoms with Crippen LogP contribution in [0.1, 0.15) is 26.7 Å². The summed E-state index contributed by atoms with van der Waals surface area (Å²) in [6, 6.07) is 0.269. The maximum Gasteiger partial charge on any atom is 0.228 e. The van der Waals surface area contributed by atoms with Crippen LogP contribution in [0.2, 0.25) is 0 Å². The Balaban J connectivity index is 2.63. The van der Waals surface area contributed by atoms with Crippen LogP contribution in [0.4, 0.5) is 0 Å². The smallest absolute Gasteiger partial charge is 0.228 e. The number of carbonyl (C=O) groups excluding carboxylic acids is 1. The monoisotopic (exact) mass is 265 g/mol. The van der Waals surface area contributed by atoms with E-state index >= 15 is 0 Å². The normalized spacial score (nSPS) is 21.5. The van der Waals surface area contributed by atoms with Gasteiger partial charge in [0, 0.05) is 24.1 Å². The molecule has 0 aromatic heterocycles. The average molecular weight is 266 g/mol. The number of amides is 1. The van der Waals surface area contributed by atoms with E-state index in [0.717, 1.165) is 16.5 Å². The predicted molar refractivity (Wildman–Crippen MR) is 70.5 cm³/mol. The quantitative estimate of drug-likeness (QED) is 0.576. The number of nitrogens with zero attached hydrogens (tertiary/aromatic N) is 1. The summed E-state index contributed by atoms with van der Waals surface area (Å²) in [5, 5.41) is 0. The molecular weight excluding hydrogens is 250 g/mol. The second-order valence-corrected chi connectivity index (χ2v) is 5.98. The molecule has 86 valence electrons. The summed E-state index contributed by atoms with van der Waals surface area (Å²) >= 11 is 12.4. The largest absolute Gasteiger partial charge is 0.294 e. The minimum atomic E-state index is 0.129. The summed E-state index contributed by atoms with van der Waals surface area (Å²) in [6.45, 7) is 4.25. The summed E-state index contributed by atoms with van der Waals surface area (Å²) in [7, 11) is 0. The van der Waals surface area contributed by atoms with Gasteiger partial charge in [0.05, 0.1) is 0 Å². The third kappa shape index (κ3) is 3.33. The zero-order chi connectivity index (χ0) is 11.4. The minimum Gasteiger partial charge on any atom is -0.294 e. The van der Waals surface area contributed by atoms with Crippen molar-refractivity contribution in [2.45, 2.75) is 32.7 Å². The van der Waals surface area contributed by atoms with Crippen molar-refractivity contribution in [2.75, 3.05) is 11.6 Å². The van der Waals surface area contributed by atoms with E-state index in [1.165, 1.54) is 0 Å². The van der Waals surface area contributed by atoms with Gasteiger partial charge in [0.1, 0.15) is 4.32 Å². The highest BCUT2D eigenvalue weighted by molar-refractivity contribution is 8.23. The molecule has 0 aromatic carbocycles. The molecule has 5 heteroatoms. The minimum absolute atomic E-state index is 0.129. The summed E-state index contributed by atoms with van der Waals surface area (Å²) in [4.78, 5) is 13.7. The first-order valence-corrected chi connectivity index (χ1v) is 7.05. The van der Waals surface area contributed by atoms with Crippen molar-refractivity contribution in [2.24, 2.45) is 5.92 Å². The number of thioether (sulfide) groups is 1. The molecule has 1 amide bonds. The first-order valence-electron chi connectivity index (χ1n) is 5.12. The van der Waals surface area contributed by atoms with Crippen molar-refractivity contribution in [1.29, 1.82) is 0 Å². The van der Waals surface area contributed by atoms with Gasteiger partial charge in [-0.05, 0) is 12.3 Å². The molecule has 1 rings (SSSR count). The molecule has 15 heavy (non-hydrogen) atoms. The molecule has 0 N–H and O–H groups in total. The van der Waals surface area contributed by atoms with Crippen LogP contribution in [0.3, 0.4) is 0 Å². The molecule has 1 heterocycles. The van der Waals surface area contributed by atoms with Gasteiger partial charge in [0.2, 0.25) is 5.91 Å². The van der Waals surface area contributed by atoms with Crippen molar-refractivity contribution >= 4 is 45.8 Å². The number of halogens is 1. The molecule has 0 bridgehead atoms. The molecule has 1 saturated heterocycles. The van der Waals surface area contributed by atoms with E-state index in [-0.39, 0.29) is 11.9 Å². The lowest BCUT2D eigenvalue weighted by molar-refractivity contribution is -0.128. The summed E-state index contributed by atoms with van der Waals surface area (Å²) in [5.41, 5.74) is 0. The highest BCUT2D eigenvalue weighted by atomic mass is 35.5. The third-order valence-corrected chi connectivity index (χ3v) is 4.24. The van der Waals surface area contributed by atoms with E-state index in [9.17, 15) is 4.79 Å². The van der Waals surface area contributed by atoms with Gasteiger partial charge in [-0.2, -0.15) is 0 Å². The third-order valence-electron chi connectivity index (χ3n) is 2.47. The number of carbonyl (C=O) groups is 1. The zero-order valence-corrected chi connectivity index (χ0v) is 11.4. The first kappa shape index (κ1) is 13.3. The Morgan fingerprint density at radius 1 is 1.73 bits per heavy atom. The fraction of sp³-hybridized carbons (Fsp3) is 0.800. The lowest BCUT2D eigenvalue weighted by Crippen LogP contribution is -2.41. The van der Waals surface area contributed by atoms with Gasteiger partial charge in [-0.25, -0.2) is 0 Å². The van der Waals surface area contributed by atoms with E-state index < -0.39 is 0 Å². The lowest BCUT2D eigenvalue weighted by atomic mass is 10.0. The van der Waals surface area contributed by atoms with Gasteiger partial charge in [-0.15, -0.1) is 11.6 Å². The van der Waals surface area contributed by atoms with Crippen LogP contribution < -0.4 is 0 Å². The molecule has 0 saturated carbocycles. The van der Waals surface area contributed by atoms with Gasteiger partial charge in [-0.3, -0.25) is 9.69 Å². The van der Waals surface area contributed by atoms with E-state index in [4.69, 9.17) is 23.8 Å². The molecule has 0 unspecified atom stereocenters. The fourth-order valence-electron chi connectivity index (χ4n) is 1.55. The summed E-state index contributed by atoms with van der Waals surface area (Å²) < 4.78 is 0.730. The second kappa shape index (κ2) is 6.06. The highest BCUT2D eigenvalue weighted by Gasteiger charge is 2.34. The highest BCUT2D eigenvalue weighted by Crippen LogP contribution is 2.29. The standard InChI is InChI=1S/C10H16ClNOS2/c1-7(2)8-6-15-10(14)12(8)9(13)4-3-5-11/h7-8H,3-6H2,1-2H3/t8-/m1/s1. The Hall–Kier alpha value is 0.200. The van der Waals surface area contributed by atoms with Crippen LogP contribution in [0.25, 0.3) is 0 Å². The van der Waals surface area contributed by atoms with E-state index in [0.29, 0.717) is 18.2 Å². The Bertz CT molecular complexity index is 258. The maximum absolute atomic E-state index is 11.9. The maximum atomic E-state index is 11.9. The molecular formula is C10H16ClNOS2.